The first kappa shape index (κ1) is 23.7. The van der Waals surface area contributed by atoms with E-state index in [-0.39, 0.29) is 17.7 Å². The summed E-state index contributed by atoms with van der Waals surface area (Å²) in [5.74, 6) is -0.915. The van der Waals surface area contributed by atoms with E-state index in [4.69, 9.17) is 10.5 Å². The third-order valence-electron chi connectivity index (χ3n) is 4.48. The summed E-state index contributed by atoms with van der Waals surface area (Å²) in [6, 6.07) is 10.8. The van der Waals surface area contributed by atoms with E-state index in [0.29, 0.717) is 27.0 Å². The van der Waals surface area contributed by atoms with Crippen molar-refractivity contribution >= 4 is 28.1 Å². The fraction of sp³-hybridized carbons (Fsp3) is 0.273. The second-order valence-electron chi connectivity index (χ2n) is 7.52. The number of aliphatic hydroxyl groups is 1. The molecule has 3 rings (SSSR count). The molecule has 2 heterocycles. The molecule has 0 bridgehead atoms. The molecule has 0 radical (unpaired) electrons. The van der Waals surface area contributed by atoms with E-state index in [0.717, 1.165) is 11.3 Å². The number of nitrogens with zero attached hydrogens (tertiary/aromatic N) is 1. The monoisotopic (exact) mass is 465 g/mol. The van der Waals surface area contributed by atoms with Gasteiger partial charge in [0.15, 0.2) is 0 Å². The minimum Gasteiger partial charge on any atom is -0.386 e. The lowest BCUT2D eigenvalue weighted by Gasteiger charge is -2.18. The molecular weight excluding hydrogens is 443 g/mol. The topological polar surface area (TPSA) is 97.5 Å². The number of aromatic nitrogens is 1. The average molecular weight is 465 g/mol. The second kappa shape index (κ2) is 9.68. The number of thiophene rings is 1. The zero-order valence-corrected chi connectivity index (χ0v) is 18.2. The van der Waals surface area contributed by atoms with Crippen LogP contribution in [0.1, 0.15) is 35.5 Å². The van der Waals surface area contributed by atoms with Gasteiger partial charge < -0.3 is 20.9 Å². The molecule has 0 unspecified atom stereocenters. The van der Waals surface area contributed by atoms with Crippen molar-refractivity contribution in [3.05, 3.63) is 65.1 Å². The summed E-state index contributed by atoms with van der Waals surface area (Å²) in [6.45, 7) is 2.31. The number of halogens is 3. The summed E-state index contributed by atoms with van der Waals surface area (Å²) in [5.41, 5.74) is 5.53. The maximum absolute atomic E-state index is 14.7. The summed E-state index contributed by atoms with van der Waals surface area (Å²) in [5, 5.41) is 13.4. The Morgan fingerprint density at radius 1 is 1.28 bits per heavy atom. The number of nitrogens with one attached hydrogen (secondary N) is 1. The molecule has 0 fully saturated rings. The Balaban J connectivity index is 1.87. The third-order valence-corrected chi connectivity index (χ3v) is 5.56. The number of benzene rings is 1. The predicted octanol–water partition coefficient (Wildman–Crippen LogP) is 4.80. The third kappa shape index (κ3) is 5.84. The van der Waals surface area contributed by atoms with E-state index >= 15 is 0 Å². The molecular formula is C22H22F3N3O3S. The van der Waals surface area contributed by atoms with Crippen molar-refractivity contribution in [3.63, 3.8) is 0 Å². The molecule has 0 saturated carbocycles. The lowest BCUT2D eigenvalue weighted by atomic mass is 9.96. The molecule has 6 nitrogen and oxygen atoms in total. The molecule has 3 aromatic rings. The number of anilines is 2. The molecule has 0 saturated heterocycles. The zero-order chi connectivity index (χ0) is 23.5. The van der Waals surface area contributed by atoms with Crippen LogP contribution in [-0.4, -0.2) is 29.0 Å². The van der Waals surface area contributed by atoms with Crippen LogP contribution in [-0.2, 0) is 16.9 Å². The molecule has 0 atom stereocenters. The summed E-state index contributed by atoms with van der Waals surface area (Å²) in [6.07, 6.45) is -2.57. The Bertz CT molecular complexity index is 1110. The Labute approximate surface area is 186 Å². The molecule has 1 aromatic carbocycles. The number of amides is 1. The lowest BCUT2D eigenvalue weighted by Crippen LogP contribution is -2.15. The van der Waals surface area contributed by atoms with E-state index in [2.05, 4.69) is 10.3 Å². The minimum atomic E-state index is -2.57. The van der Waals surface area contributed by atoms with Gasteiger partial charge in [-0.05, 0) is 43.7 Å². The largest absolute Gasteiger partial charge is 0.386 e. The maximum atomic E-state index is 14.7. The van der Waals surface area contributed by atoms with Crippen molar-refractivity contribution in [2.24, 2.45) is 5.73 Å². The van der Waals surface area contributed by atoms with Crippen LogP contribution in [0.4, 0.5) is 24.0 Å². The van der Waals surface area contributed by atoms with Crippen LogP contribution in [0, 0.1) is 5.82 Å². The highest BCUT2D eigenvalue weighted by Gasteiger charge is 2.21. The molecule has 0 aliphatic carbocycles. The van der Waals surface area contributed by atoms with Crippen LogP contribution in [0.15, 0.2) is 42.5 Å². The zero-order valence-electron chi connectivity index (χ0n) is 17.4. The number of hydrogen-bond donors (Lipinski definition) is 3. The van der Waals surface area contributed by atoms with Gasteiger partial charge in [0.25, 0.3) is 12.3 Å². The van der Waals surface area contributed by atoms with Gasteiger partial charge in [-0.1, -0.05) is 18.2 Å². The molecule has 2 aromatic heterocycles. The van der Waals surface area contributed by atoms with Crippen molar-refractivity contribution in [1.82, 2.24) is 4.98 Å². The Morgan fingerprint density at radius 3 is 2.66 bits per heavy atom. The number of nitrogens with two attached hydrogens (primary N) is 1. The van der Waals surface area contributed by atoms with Gasteiger partial charge in [0.05, 0.1) is 23.5 Å². The number of primary amides is 1. The molecule has 0 aliphatic rings. The molecule has 4 N–H and O–H groups in total. The highest BCUT2D eigenvalue weighted by Crippen LogP contribution is 2.38. The van der Waals surface area contributed by atoms with E-state index < -0.39 is 30.4 Å². The average Bonchev–Trinajstić information content (AvgIpc) is 3.11. The van der Waals surface area contributed by atoms with E-state index in [1.54, 1.807) is 38.1 Å². The van der Waals surface area contributed by atoms with Crippen LogP contribution in [0.2, 0.25) is 0 Å². The lowest BCUT2D eigenvalue weighted by molar-refractivity contribution is 0.00887. The number of carbonyl (C=O) groups excluding carboxylic acids is 1. The van der Waals surface area contributed by atoms with Crippen LogP contribution >= 0.6 is 11.3 Å². The number of carbonyl (C=O) groups is 1. The van der Waals surface area contributed by atoms with Crippen molar-refractivity contribution < 1.29 is 27.8 Å². The van der Waals surface area contributed by atoms with Crippen molar-refractivity contribution in [2.45, 2.75) is 32.5 Å². The Hall–Kier alpha value is -2.95. The normalized spacial score (nSPS) is 11.7. The summed E-state index contributed by atoms with van der Waals surface area (Å²) in [7, 11) is 0. The standard InChI is InChI=1S/C22H22F3N3O3S/c1-22(2,30)12-6-7-14(16(23)8-12)17-9-15(20(26)29)21(32-17)28-19-5-3-4-13(27-19)10-31-11-18(24)25/h3-9,18,30H,10-11H2,1-2H3,(H2,26,29)(H,27,28). The van der Waals surface area contributed by atoms with Crippen molar-refractivity contribution in [1.29, 1.82) is 0 Å². The molecule has 32 heavy (non-hydrogen) atoms. The maximum Gasteiger partial charge on any atom is 0.261 e. The van der Waals surface area contributed by atoms with Crippen molar-refractivity contribution in [3.8, 4) is 10.4 Å². The number of pyridine rings is 1. The first-order valence-corrected chi connectivity index (χ1v) is 10.4. The van der Waals surface area contributed by atoms with Gasteiger partial charge in [0.1, 0.15) is 23.2 Å². The van der Waals surface area contributed by atoms with Gasteiger partial charge in [-0.25, -0.2) is 18.2 Å². The van der Waals surface area contributed by atoms with Gasteiger partial charge in [0.2, 0.25) is 0 Å². The predicted molar refractivity (Wildman–Crippen MR) is 117 cm³/mol. The van der Waals surface area contributed by atoms with Crippen LogP contribution in [0.3, 0.4) is 0 Å². The highest BCUT2D eigenvalue weighted by molar-refractivity contribution is 7.19. The van der Waals surface area contributed by atoms with Gasteiger partial charge in [-0.15, -0.1) is 11.3 Å². The fourth-order valence-electron chi connectivity index (χ4n) is 2.89. The number of ether oxygens (including phenoxy) is 1. The summed E-state index contributed by atoms with van der Waals surface area (Å²) in [4.78, 5) is 16.7. The molecule has 10 heteroatoms. The number of alkyl halides is 2. The van der Waals surface area contributed by atoms with Gasteiger partial charge >= 0.3 is 0 Å². The Morgan fingerprint density at radius 2 is 2.03 bits per heavy atom. The van der Waals surface area contributed by atoms with Gasteiger partial charge in [-0.2, -0.15) is 0 Å². The van der Waals surface area contributed by atoms with E-state index in [1.807, 2.05) is 0 Å². The molecule has 0 spiro atoms. The molecule has 0 aliphatic heterocycles. The van der Waals surface area contributed by atoms with Crippen LogP contribution in [0.5, 0.6) is 0 Å². The second-order valence-corrected chi connectivity index (χ2v) is 8.57. The quantitative estimate of drug-likeness (QED) is 0.422. The van der Waals surface area contributed by atoms with Crippen molar-refractivity contribution in [2.75, 3.05) is 11.9 Å². The first-order chi connectivity index (χ1) is 15.0. The summed E-state index contributed by atoms with van der Waals surface area (Å²) < 4.78 is 44.1. The smallest absolute Gasteiger partial charge is 0.261 e. The summed E-state index contributed by atoms with van der Waals surface area (Å²) >= 11 is 1.11. The van der Waals surface area contributed by atoms with Crippen LogP contribution in [0.25, 0.3) is 10.4 Å². The highest BCUT2D eigenvalue weighted by atomic mass is 32.1. The van der Waals surface area contributed by atoms with Gasteiger partial charge in [0, 0.05) is 10.4 Å². The molecule has 1 amide bonds. The minimum absolute atomic E-state index is 0.100. The first-order valence-electron chi connectivity index (χ1n) is 9.60. The fourth-order valence-corrected chi connectivity index (χ4v) is 3.99. The SMILES string of the molecule is CC(C)(O)c1ccc(-c2cc(C(N)=O)c(Nc3cccc(COCC(F)F)n3)s2)c(F)c1. The number of rotatable bonds is 9. The number of hydrogen-bond acceptors (Lipinski definition) is 6. The van der Waals surface area contributed by atoms with Gasteiger partial charge in [-0.3, -0.25) is 4.79 Å². The van der Waals surface area contributed by atoms with E-state index in [1.165, 1.54) is 18.2 Å². The Kier molecular flexibility index (Phi) is 7.17. The van der Waals surface area contributed by atoms with Crippen LogP contribution < -0.4 is 11.1 Å². The van der Waals surface area contributed by atoms with E-state index in [9.17, 15) is 23.1 Å². The molecule has 170 valence electrons.